The molecule has 0 saturated heterocycles. The lowest BCUT2D eigenvalue weighted by molar-refractivity contribution is 0.392. The Labute approximate surface area is 201 Å². The van der Waals surface area contributed by atoms with Crippen LogP contribution in [0, 0.1) is 11.6 Å². The number of nitrogens with one attached hydrogen (secondary N) is 2. The number of H-pyrrole nitrogens is 1. The van der Waals surface area contributed by atoms with Gasteiger partial charge in [0.1, 0.15) is 11.6 Å². The van der Waals surface area contributed by atoms with Crippen molar-refractivity contribution in [3.63, 3.8) is 0 Å². The van der Waals surface area contributed by atoms with Crippen molar-refractivity contribution in [2.75, 3.05) is 18.1 Å². The van der Waals surface area contributed by atoms with Crippen LogP contribution in [0.3, 0.4) is 0 Å². The highest BCUT2D eigenvalue weighted by atomic mass is 32.2. The van der Waals surface area contributed by atoms with E-state index in [0.717, 1.165) is 23.0 Å². The molecule has 1 aromatic heterocycles. The van der Waals surface area contributed by atoms with Crippen molar-refractivity contribution in [1.82, 2.24) is 9.55 Å². The zero-order valence-corrected chi connectivity index (χ0v) is 20.6. The Kier molecular flexibility index (Phi) is 7.02. The largest absolute Gasteiger partial charge is 0.496 e. The van der Waals surface area contributed by atoms with Gasteiger partial charge < -0.3 is 4.74 Å². The van der Waals surface area contributed by atoms with Gasteiger partial charge in [0.25, 0.3) is 5.56 Å². The number of benzene rings is 2. The Hall–Kier alpha value is -3.73. The maximum Gasteiger partial charge on any atom is 0.333 e. The molecule has 0 saturated carbocycles. The molecule has 11 heteroatoms. The van der Waals surface area contributed by atoms with Gasteiger partial charge in [0.2, 0.25) is 10.0 Å². The Balaban J connectivity index is 2.20. The molecule has 2 aromatic carbocycles. The molecule has 3 aromatic rings. The zero-order chi connectivity index (χ0) is 26.1. The summed E-state index contributed by atoms with van der Waals surface area (Å²) in [5.41, 5.74) is -1.35. The first-order valence-electron chi connectivity index (χ1n) is 10.4. The summed E-state index contributed by atoms with van der Waals surface area (Å²) in [4.78, 5) is 25.9. The monoisotopic (exact) mass is 505 g/mol. The quantitative estimate of drug-likeness (QED) is 0.497. The fraction of sp³-hybridized carbons (Fsp3) is 0.250. The number of hydrogen-bond acceptors (Lipinski definition) is 5. The minimum Gasteiger partial charge on any atom is -0.496 e. The maximum atomic E-state index is 15.8. The SMILES string of the molecule is COc1c(C(C)(C)C)cc(-n2ccc(=O)[nH]c2=O)c(F)c1/C=C/c1ccc(NS(C)(=O)=O)c(F)c1. The first-order valence-corrected chi connectivity index (χ1v) is 12.3. The number of anilines is 1. The summed E-state index contributed by atoms with van der Waals surface area (Å²) in [7, 11) is -2.28. The average Bonchev–Trinajstić information content (AvgIpc) is 2.73. The number of rotatable bonds is 6. The van der Waals surface area contributed by atoms with E-state index < -0.39 is 38.3 Å². The van der Waals surface area contributed by atoms with Gasteiger partial charge in [-0.2, -0.15) is 0 Å². The van der Waals surface area contributed by atoms with Gasteiger partial charge in [-0.15, -0.1) is 0 Å². The molecule has 1 heterocycles. The highest BCUT2D eigenvalue weighted by Gasteiger charge is 2.26. The molecular weight excluding hydrogens is 480 g/mol. The molecule has 3 rings (SSSR count). The van der Waals surface area contributed by atoms with E-state index in [1.807, 2.05) is 20.8 Å². The molecule has 0 unspecified atom stereocenters. The van der Waals surface area contributed by atoms with Gasteiger partial charge >= 0.3 is 5.69 Å². The van der Waals surface area contributed by atoms with Crippen LogP contribution < -0.4 is 20.7 Å². The van der Waals surface area contributed by atoms with Crippen molar-refractivity contribution in [1.29, 1.82) is 0 Å². The molecule has 0 fully saturated rings. The van der Waals surface area contributed by atoms with E-state index in [0.29, 0.717) is 11.1 Å². The molecule has 186 valence electrons. The van der Waals surface area contributed by atoms with Crippen LogP contribution in [-0.4, -0.2) is 31.3 Å². The first kappa shape index (κ1) is 25.9. The third kappa shape index (κ3) is 5.86. The molecule has 35 heavy (non-hydrogen) atoms. The lowest BCUT2D eigenvalue weighted by atomic mass is 9.84. The van der Waals surface area contributed by atoms with E-state index in [1.54, 1.807) is 0 Å². The predicted octanol–water partition coefficient (Wildman–Crippen LogP) is 3.65. The molecular formula is C24H25F2N3O5S. The second kappa shape index (κ2) is 9.49. The van der Waals surface area contributed by atoms with Crippen LogP contribution in [0.1, 0.15) is 37.5 Å². The van der Waals surface area contributed by atoms with E-state index in [-0.39, 0.29) is 22.7 Å². The van der Waals surface area contributed by atoms with Gasteiger partial charge in [0.05, 0.1) is 30.3 Å². The maximum absolute atomic E-state index is 15.8. The van der Waals surface area contributed by atoms with E-state index in [4.69, 9.17) is 4.74 Å². The average molecular weight is 506 g/mol. The molecule has 2 N–H and O–H groups in total. The summed E-state index contributed by atoms with van der Waals surface area (Å²) in [6, 6.07) is 6.39. The third-order valence-electron chi connectivity index (χ3n) is 5.06. The number of methoxy groups -OCH3 is 1. The zero-order valence-electron chi connectivity index (χ0n) is 19.8. The number of aromatic nitrogens is 2. The van der Waals surface area contributed by atoms with E-state index in [9.17, 15) is 22.4 Å². The Bertz CT molecular complexity index is 1530. The summed E-state index contributed by atoms with van der Waals surface area (Å²) >= 11 is 0. The summed E-state index contributed by atoms with van der Waals surface area (Å²) in [6.45, 7) is 5.66. The molecule has 0 aliphatic rings. The van der Waals surface area contributed by atoms with Crippen molar-refractivity contribution in [3.8, 4) is 11.4 Å². The number of halogens is 2. The predicted molar refractivity (Wildman–Crippen MR) is 132 cm³/mol. The Morgan fingerprint density at radius 2 is 1.77 bits per heavy atom. The van der Waals surface area contributed by atoms with Gasteiger partial charge in [-0.25, -0.2) is 22.0 Å². The Morgan fingerprint density at radius 3 is 2.31 bits per heavy atom. The highest BCUT2D eigenvalue weighted by Crippen LogP contribution is 2.39. The van der Waals surface area contributed by atoms with Gasteiger partial charge in [0.15, 0.2) is 5.82 Å². The first-order chi connectivity index (χ1) is 16.2. The number of ether oxygens (including phenoxy) is 1. The fourth-order valence-electron chi connectivity index (χ4n) is 3.45. The number of aromatic amines is 1. The van der Waals surface area contributed by atoms with Crippen LogP contribution >= 0.6 is 0 Å². The van der Waals surface area contributed by atoms with E-state index in [2.05, 4.69) is 9.71 Å². The van der Waals surface area contributed by atoms with Gasteiger partial charge in [-0.05, 0) is 35.3 Å². The lowest BCUT2D eigenvalue weighted by Crippen LogP contribution is -2.28. The van der Waals surface area contributed by atoms with Gasteiger partial charge in [0, 0.05) is 17.8 Å². The van der Waals surface area contributed by atoms with Crippen molar-refractivity contribution in [3.05, 3.63) is 85.7 Å². The van der Waals surface area contributed by atoms with Crippen molar-refractivity contribution < 1.29 is 21.9 Å². The highest BCUT2D eigenvalue weighted by molar-refractivity contribution is 7.92. The number of nitrogens with zero attached hydrogens (tertiary/aromatic N) is 1. The third-order valence-corrected chi connectivity index (χ3v) is 5.65. The normalized spacial score (nSPS) is 12.2. The van der Waals surface area contributed by atoms with Crippen LogP contribution in [-0.2, 0) is 15.4 Å². The molecule has 0 bridgehead atoms. The van der Waals surface area contributed by atoms with Crippen LogP contribution in [0.2, 0.25) is 0 Å². The number of sulfonamides is 1. The standard InChI is InChI=1S/C24H25F2N3O5S/c1-24(2,3)16-13-19(29-11-10-20(30)27-23(29)31)21(26)15(22(16)34-4)8-6-14-7-9-18(17(25)12-14)28-35(5,32)33/h6-13,28H,1-5H3,(H,27,30,31)/b8-6+. The van der Waals surface area contributed by atoms with Crippen LogP contribution in [0.15, 0.2) is 46.1 Å². The van der Waals surface area contributed by atoms with Gasteiger partial charge in [-0.3, -0.25) is 19.1 Å². The molecule has 0 amide bonds. The van der Waals surface area contributed by atoms with Crippen molar-refractivity contribution >= 4 is 27.9 Å². The topological polar surface area (TPSA) is 110 Å². The molecule has 0 radical (unpaired) electrons. The van der Waals surface area contributed by atoms with Gasteiger partial charge in [-0.1, -0.05) is 32.9 Å². The lowest BCUT2D eigenvalue weighted by Gasteiger charge is -2.25. The van der Waals surface area contributed by atoms with E-state index >= 15 is 4.39 Å². The molecule has 0 aliphatic heterocycles. The summed E-state index contributed by atoms with van der Waals surface area (Å²) in [5.74, 6) is -1.38. The summed E-state index contributed by atoms with van der Waals surface area (Å²) in [5, 5.41) is 0. The minimum atomic E-state index is -3.66. The smallest absolute Gasteiger partial charge is 0.333 e. The molecule has 0 spiro atoms. The molecule has 0 aliphatic carbocycles. The number of hydrogen-bond donors (Lipinski definition) is 2. The fourth-order valence-corrected chi connectivity index (χ4v) is 4.02. The Morgan fingerprint density at radius 1 is 1.09 bits per heavy atom. The van der Waals surface area contributed by atoms with Crippen LogP contribution in [0.4, 0.5) is 14.5 Å². The second-order valence-electron chi connectivity index (χ2n) is 8.88. The van der Waals surface area contributed by atoms with E-state index in [1.165, 1.54) is 43.7 Å². The van der Waals surface area contributed by atoms with Crippen molar-refractivity contribution in [2.24, 2.45) is 0 Å². The van der Waals surface area contributed by atoms with Crippen molar-refractivity contribution in [2.45, 2.75) is 26.2 Å². The van der Waals surface area contributed by atoms with Crippen LogP contribution in [0.25, 0.3) is 17.8 Å². The summed E-state index contributed by atoms with van der Waals surface area (Å²) in [6.07, 6.45) is 4.89. The minimum absolute atomic E-state index is 0.00627. The molecule has 0 atom stereocenters. The second-order valence-corrected chi connectivity index (χ2v) is 10.6. The molecule has 8 nitrogen and oxygen atoms in total. The summed E-state index contributed by atoms with van der Waals surface area (Å²) < 4.78 is 61.5. The van der Waals surface area contributed by atoms with Crippen LogP contribution in [0.5, 0.6) is 5.75 Å².